The average molecular weight is 509 g/mol. The summed E-state index contributed by atoms with van der Waals surface area (Å²) >= 11 is 0. The van der Waals surface area contributed by atoms with Gasteiger partial charge in [0.25, 0.3) is 0 Å². The van der Waals surface area contributed by atoms with Gasteiger partial charge in [-0.05, 0) is 76.4 Å². The van der Waals surface area contributed by atoms with E-state index in [0.717, 1.165) is 35.4 Å². The molecule has 1 aromatic heterocycles. The predicted octanol–water partition coefficient (Wildman–Crippen LogP) is 5.33. The molecule has 0 atom stereocenters. The molecule has 0 unspecified atom stereocenters. The average Bonchev–Trinajstić information content (AvgIpc) is 2.85. The number of benzene rings is 2. The normalized spacial score (nSPS) is 13.9. The number of fused-ring (bicyclic) bond motifs is 1. The Morgan fingerprint density at radius 2 is 1.86 bits per heavy atom. The van der Waals surface area contributed by atoms with E-state index in [1.807, 2.05) is 38.8 Å². The summed E-state index contributed by atoms with van der Waals surface area (Å²) in [6.07, 6.45) is 3.21. The minimum absolute atomic E-state index is 0.283. The number of hydrogen-bond acceptors (Lipinski definition) is 7. The summed E-state index contributed by atoms with van der Waals surface area (Å²) in [7, 11) is 1.89. The lowest BCUT2D eigenvalue weighted by Gasteiger charge is -2.29. The van der Waals surface area contributed by atoms with Crippen molar-refractivity contribution in [3.8, 4) is 0 Å². The highest BCUT2D eigenvalue weighted by atomic mass is 19.1. The number of aromatic nitrogens is 2. The molecule has 2 heterocycles. The van der Waals surface area contributed by atoms with Gasteiger partial charge in [-0.15, -0.1) is 0 Å². The lowest BCUT2D eigenvalue weighted by Crippen LogP contribution is -2.35. The third-order valence-corrected chi connectivity index (χ3v) is 6.16. The molecule has 1 fully saturated rings. The first-order chi connectivity index (χ1) is 17.7. The van der Waals surface area contributed by atoms with Crippen LogP contribution in [0.5, 0.6) is 0 Å². The van der Waals surface area contributed by atoms with E-state index in [1.54, 1.807) is 6.07 Å². The molecule has 9 heteroatoms. The first-order valence-corrected chi connectivity index (χ1v) is 12.9. The van der Waals surface area contributed by atoms with Crippen LogP contribution in [0.15, 0.2) is 42.5 Å². The highest BCUT2D eigenvalue weighted by Gasteiger charge is 2.17. The maximum absolute atomic E-state index is 13.8. The number of nitrogens with one attached hydrogen (secondary N) is 2. The first kappa shape index (κ1) is 26.4. The number of halogens is 1. The zero-order chi connectivity index (χ0) is 26.4. The minimum atomic E-state index is -0.547. The molecule has 1 saturated heterocycles. The molecule has 2 N–H and O–H groups in total. The van der Waals surface area contributed by atoms with E-state index >= 15 is 0 Å². The van der Waals surface area contributed by atoms with E-state index in [4.69, 9.17) is 14.7 Å². The van der Waals surface area contributed by atoms with Crippen molar-refractivity contribution in [2.75, 3.05) is 48.3 Å². The van der Waals surface area contributed by atoms with Gasteiger partial charge in [-0.1, -0.05) is 6.07 Å². The number of ether oxygens (including phenoxy) is 1. The van der Waals surface area contributed by atoms with Gasteiger partial charge in [-0.3, -0.25) is 0 Å². The van der Waals surface area contributed by atoms with E-state index in [9.17, 15) is 9.18 Å². The van der Waals surface area contributed by atoms with Crippen LogP contribution in [0.4, 0.5) is 26.4 Å². The summed E-state index contributed by atoms with van der Waals surface area (Å²) < 4.78 is 19.1. The fourth-order valence-corrected chi connectivity index (χ4v) is 4.40. The molecule has 0 bridgehead atoms. The number of carbonyl (C=O) groups is 1. The van der Waals surface area contributed by atoms with Crippen molar-refractivity contribution in [1.82, 2.24) is 15.3 Å². The smallest absolute Gasteiger partial charge is 0.407 e. The van der Waals surface area contributed by atoms with Crippen molar-refractivity contribution >= 4 is 34.2 Å². The van der Waals surface area contributed by atoms with Crippen molar-refractivity contribution in [2.45, 2.75) is 52.2 Å². The molecular formula is C28H37FN6O2. The maximum atomic E-state index is 13.8. The largest absolute Gasteiger partial charge is 0.444 e. The fraction of sp³-hybridized carbons (Fsp3) is 0.464. The van der Waals surface area contributed by atoms with Crippen molar-refractivity contribution in [3.05, 3.63) is 54.1 Å². The molecule has 0 saturated carbocycles. The molecule has 1 amide bonds. The highest BCUT2D eigenvalue weighted by Crippen LogP contribution is 2.28. The van der Waals surface area contributed by atoms with E-state index in [-0.39, 0.29) is 5.82 Å². The number of alkyl carbamates (subject to hydrolysis) is 1. The Morgan fingerprint density at radius 3 is 2.59 bits per heavy atom. The van der Waals surface area contributed by atoms with Gasteiger partial charge in [-0.25, -0.2) is 19.2 Å². The number of anilines is 3. The molecule has 0 radical (unpaired) electrons. The Hall–Kier alpha value is -3.62. The second-order valence-corrected chi connectivity index (χ2v) is 10.4. The van der Waals surface area contributed by atoms with E-state index in [1.165, 1.54) is 31.4 Å². The Labute approximate surface area is 218 Å². The van der Waals surface area contributed by atoms with Gasteiger partial charge in [-0.2, -0.15) is 0 Å². The number of nitrogens with zero attached hydrogens (tertiary/aromatic N) is 4. The summed E-state index contributed by atoms with van der Waals surface area (Å²) in [5.74, 6) is 1.04. The Kier molecular flexibility index (Phi) is 8.31. The second kappa shape index (κ2) is 11.6. The van der Waals surface area contributed by atoms with Crippen LogP contribution in [0, 0.1) is 5.82 Å². The Balaban J connectivity index is 1.55. The van der Waals surface area contributed by atoms with Crippen LogP contribution in [-0.4, -0.2) is 54.9 Å². The maximum Gasteiger partial charge on any atom is 0.407 e. The number of piperidine rings is 1. The lowest BCUT2D eigenvalue weighted by molar-refractivity contribution is 0.0530. The molecule has 8 nitrogen and oxygen atoms in total. The van der Waals surface area contributed by atoms with Crippen molar-refractivity contribution < 1.29 is 13.9 Å². The molecule has 0 spiro atoms. The van der Waals surface area contributed by atoms with Gasteiger partial charge in [0.1, 0.15) is 17.2 Å². The highest BCUT2D eigenvalue weighted by molar-refractivity contribution is 5.91. The first-order valence-electron chi connectivity index (χ1n) is 12.9. The van der Waals surface area contributed by atoms with Gasteiger partial charge >= 0.3 is 6.09 Å². The standard InChI is InChI=1S/C28H37FN6O2/c1-28(2,3)37-27(36)31-14-13-30-26-23-12-11-22(35-15-6-5-7-16-35)18-24(23)32-25(33-26)19-34(4)21-10-8-9-20(29)17-21/h8-12,17-18H,5-7,13-16,19H2,1-4H3,(H,31,36)(H,30,32,33). The molecule has 37 heavy (non-hydrogen) atoms. The minimum Gasteiger partial charge on any atom is -0.444 e. The molecule has 4 rings (SSSR count). The Morgan fingerprint density at radius 1 is 1.08 bits per heavy atom. The number of rotatable bonds is 8. The molecule has 2 aromatic carbocycles. The van der Waals surface area contributed by atoms with Crippen molar-refractivity contribution in [2.24, 2.45) is 0 Å². The van der Waals surface area contributed by atoms with E-state index in [0.29, 0.717) is 31.3 Å². The summed E-state index contributed by atoms with van der Waals surface area (Å²) in [5.41, 5.74) is 2.22. The summed E-state index contributed by atoms with van der Waals surface area (Å²) in [6, 6.07) is 12.8. The van der Waals surface area contributed by atoms with Crippen LogP contribution in [0.3, 0.4) is 0 Å². The van der Waals surface area contributed by atoms with Crippen LogP contribution in [0.2, 0.25) is 0 Å². The molecule has 1 aliphatic heterocycles. The van der Waals surface area contributed by atoms with E-state index in [2.05, 4.69) is 33.7 Å². The van der Waals surface area contributed by atoms with Crippen LogP contribution < -0.4 is 20.4 Å². The summed E-state index contributed by atoms with van der Waals surface area (Å²) in [4.78, 5) is 26.0. The van der Waals surface area contributed by atoms with Crippen LogP contribution in [0.25, 0.3) is 10.9 Å². The quantitative estimate of drug-likeness (QED) is 0.398. The number of carbonyl (C=O) groups excluding carboxylic acids is 1. The number of amides is 1. The van der Waals surface area contributed by atoms with Gasteiger partial charge in [0.15, 0.2) is 5.82 Å². The van der Waals surface area contributed by atoms with Gasteiger partial charge < -0.3 is 25.2 Å². The molecule has 1 aliphatic rings. The van der Waals surface area contributed by atoms with Crippen LogP contribution >= 0.6 is 0 Å². The van der Waals surface area contributed by atoms with Gasteiger partial charge in [0.05, 0.1) is 12.1 Å². The fourth-order valence-electron chi connectivity index (χ4n) is 4.40. The van der Waals surface area contributed by atoms with Crippen LogP contribution in [0.1, 0.15) is 45.9 Å². The topological polar surface area (TPSA) is 82.6 Å². The summed E-state index contributed by atoms with van der Waals surface area (Å²) in [6.45, 7) is 8.86. The van der Waals surface area contributed by atoms with E-state index < -0.39 is 11.7 Å². The number of hydrogen-bond donors (Lipinski definition) is 2. The zero-order valence-corrected chi connectivity index (χ0v) is 22.2. The predicted molar refractivity (Wildman–Crippen MR) is 147 cm³/mol. The van der Waals surface area contributed by atoms with Crippen LogP contribution in [-0.2, 0) is 11.3 Å². The second-order valence-electron chi connectivity index (χ2n) is 10.4. The monoisotopic (exact) mass is 508 g/mol. The summed E-state index contributed by atoms with van der Waals surface area (Å²) in [5, 5.41) is 7.03. The van der Waals surface area contributed by atoms with Gasteiger partial charge in [0.2, 0.25) is 0 Å². The molecule has 198 valence electrons. The molecular weight excluding hydrogens is 471 g/mol. The molecule has 0 aliphatic carbocycles. The third kappa shape index (κ3) is 7.44. The Bertz CT molecular complexity index is 1220. The van der Waals surface area contributed by atoms with Crippen molar-refractivity contribution in [1.29, 1.82) is 0 Å². The third-order valence-electron chi connectivity index (χ3n) is 6.16. The lowest BCUT2D eigenvalue weighted by atomic mass is 10.1. The SMILES string of the molecule is CN(Cc1nc(NCCNC(=O)OC(C)(C)C)c2ccc(N3CCCCC3)cc2n1)c1cccc(F)c1. The zero-order valence-electron chi connectivity index (χ0n) is 22.2. The van der Waals surface area contributed by atoms with Gasteiger partial charge in [0, 0.05) is 50.0 Å². The van der Waals surface area contributed by atoms with Crippen molar-refractivity contribution in [3.63, 3.8) is 0 Å². The molecule has 3 aromatic rings.